The van der Waals surface area contributed by atoms with Gasteiger partial charge in [0, 0.05) is 14.5 Å². The highest BCUT2D eigenvalue weighted by molar-refractivity contribution is 9.10. The minimum atomic E-state index is -1.97. The Hall–Kier alpha value is -2.18. The number of hydrazone groups is 1. The van der Waals surface area contributed by atoms with Gasteiger partial charge < -0.3 is 5.11 Å². The number of amides is 1. The first kappa shape index (κ1) is 20.6. The Bertz CT molecular complexity index is 943. The minimum absolute atomic E-state index is 0.357. The van der Waals surface area contributed by atoms with Crippen LogP contribution in [0.1, 0.15) is 16.7 Å². The largest absolute Gasteiger partial charge is 0.372 e. The van der Waals surface area contributed by atoms with Crippen molar-refractivity contribution in [2.24, 2.45) is 5.10 Å². The van der Waals surface area contributed by atoms with E-state index in [1.165, 1.54) is 6.21 Å². The molecular weight excluding hydrogens is 463 g/mol. The lowest BCUT2D eigenvalue weighted by molar-refractivity contribution is -0.136. The number of carbonyl (C=O) groups is 1. The molecule has 1 amide bonds. The average molecular weight is 478 g/mol. The van der Waals surface area contributed by atoms with E-state index in [2.05, 4.69) is 26.5 Å². The summed E-state index contributed by atoms with van der Waals surface area (Å²) in [5.41, 5.74) is 1.96. The molecule has 142 valence electrons. The monoisotopic (exact) mass is 476 g/mol. The zero-order valence-electron chi connectivity index (χ0n) is 14.4. The molecule has 0 aromatic heterocycles. The van der Waals surface area contributed by atoms with Gasteiger partial charge in [-0.25, -0.2) is 5.43 Å². The van der Waals surface area contributed by atoms with Crippen LogP contribution in [0.5, 0.6) is 0 Å². The first-order valence-electron chi connectivity index (χ1n) is 8.23. The summed E-state index contributed by atoms with van der Waals surface area (Å²) in [6, 6.07) is 20.2. The van der Waals surface area contributed by atoms with Gasteiger partial charge in [-0.2, -0.15) is 5.10 Å². The van der Waals surface area contributed by atoms with E-state index in [-0.39, 0.29) is 0 Å². The van der Waals surface area contributed by atoms with Crippen LogP contribution in [-0.2, 0) is 10.4 Å². The molecule has 0 atom stereocenters. The van der Waals surface area contributed by atoms with Crippen molar-refractivity contribution >= 4 is 51.3 Å². The highest BCUT2D eigenvalue weighted by Gasteiger charge is 2.40. The number of rotatable bonds is 5. The molecule has 28 heavy (non-hydrogen) atoms. The molecule has 3 aromatic carbocycles. The van der Waals surface area contributed by atoms with Gasteiger partial charge in [0.25, 0.3) is 5.91 Å². The summed E-state index contributed by atoms with van der Waals surface area (Å²) in [4.78, 5) is 12.9. The van der Waals surface area contributed by atoms with E-state index in [1.807, 2.05) is 24.3 Å². The van der Waals surface area contributed by atoms with Crippen molar-refractivity contribution in [1.82, 2.24) is 5.43 Å². The third-order valence-corrected chi connectivity index (χ3v) is 5.13. The number of aliphatic hydroxyl groups is 1. The zero-order valence-corrected chi connectivity index (χ0v) is 17.5. The van der Waals surface area contributed by atoms with Gasteiger partial charge in [-0.15, -0.1) is 0 Å². The lowest BCUT2D eigenvalue weighted by Crippen LogP contribution is -2.43. The van der Waals surface area contributed by atoms with Gasteiger partial charge in [0.05, 0.1) is 6.21 Å². The van der Waals surface area contributed by atoms with Crippen LogP contribution in [0.4, 0.5) is 0 Å². The molecule has 0 spiro atoms. The highest BCUT2D eigenvalue weighted by atomic mass is 79.9. The van der Waals surface area contributed by atoms with Gasteiger partial charge in [0.1, 0.15) is 0 Å². The molecule has 7 heteroatoms. The first-order chi connectivity index (χ1) is 13.4. The van der Waals surface area contributed by atoms with Crippen molar-refractivity contribution in [2.75, 3.05) is 0 Å². The second-order valence-electron chi connectivity index (χ2n) is 5.97. The molecule has 0 radical (unpaired) electrons. The summed E-state index contributed by atoms with van der Waals surface area (Å²) in [5.74, 6) is -0.703. The van der Waals surface area contributed by atoms with Gasteiger partial charge in [-0.3, -0.25) is 4.79 Å². The van der Waals surface area contributed by atoms with Crippen LogP contribution in [0, 0.1) is 0 Å². The maximum Gasteiger partial charge on any atom is 0.281 e. The van der Waals surface area contributed by atoms with Crippen LogP contribution in [0.25, 0.3) is 0 Å². The molecule has 0 saturated carbocycles. The first-order valence-corrected chi connectivity index (χ1v) is 9.78. The molecule has 0 heterocycles. The third kappa shape index (κ3) is 4.62. The molecular formula is C21H15BrCl2N2O2. The van der Waals surface area contributed by atoms with Crippen molar-refractivity contribution in [1.29, 1.82) is 0 Å². The van der Waals surface area contributed by atoms with Crippen molar-refractivity contribution in [3.63, 3.8) is 0 Å². The highest BCUT2D eigenvalue weighted by Crippen LogP contribution is 2.31. The SMILES string of the molecule is O=C(N/N=C\c1ccc(Br)cc1)C(O)(c1ccc(Cl)cc1)c1ccc(Cl)cc1. The number of nitrogens with one attached hydrogen (secondary N) is 1. The van der Waals surface area contributed by atoms with Gasteiger partial charge in [0.15, 0.2) is 5.60 Å². The maximum absolute atomic E-state index is 12.9. The van der Waals surface area contributed by atoms with Crippen LogP contribution in [0.15, 0.2) is 82.4 Å². The smallest absolute Gasteiger partial charge is 0.281 e. The van der Waals surface area contributed by atoms with Crippen LogP contribution < -0.4 is 5.43 Å². The molecule has 2 N–H and O–H groups in total. The Morgan fingerprint density at radius 1 is 0.893 bits per heavy atom. The van der Waals surface area contributed by atoms with E-state index < -0.39 is 11.5 Å². The summed E-state index contributed by atoms with van der Waals surface area (Å²) >= 11 is 15.2. The van der Waals surface area contributed by atoms with E-state index in [1.54, 1.807) is 48.5 Å². The van der Waals surface area contributed by atoms with Gasteiger partial charge >= 0.3 is 0 Å². The lowest BCUT2D eigenvalue weighted by Gasteiger charge is -2.27. The zero-order chi connectivity index (χ0) is 20.1. The number of hydrogen-bond acceptors (Lipinski definition) is 3. The fraction of sp³-hybridized carbons (Fsp3) is 0.0476. The third-order valence-electron chi connectivity index (χ3n) is 4.10. The fourth-order valence-electron chi connectivity index (χ4n) is 2.61. The fourth-order valence-corrected chi connectivity index (χ4v) is 3.12. The number of halogens is 3. The summed E-state index contributed by atoms with van der Waals surface area (Å²) < 4.78 is 0.938. The summed E-state index contributed by atoms with van der Waals surface area (Å²) in [6.07, 6.45) is 1.49. The lowest BCUT2D eigenvalue weighted by atomic mass is 9.85. The summed E-state index contributed by atoms with van der Waals surface area (Å²) in [5, 5.41) is 16.3. The summed E-state index contributed by atoms with van der Waals surface area (Å²) in [7, 11) is 0. The number of nitrogens with zero attached hydrogens (tertiary/aromatic N) is 1. The topological polar surface area (TPSA) is 61.7 Å². The van der Waals surface area contributed by atoms with E-state index >= 15 is 0 Å². The molecule has 0 aliphatic rings. The summed E-state index contributed by atoms with van der Waals surface area (Å²) in [6.45, 7) is 0. The normalized spacial score (nSPS) is 11.6. The van der Waals surface area contributed by atoms with Crippen molar-refractivity contribution in [3.05, 3.63) is 104 Å². The number of carbonyl (C=O) groups excluding carboxylic acids is 1. The molecule has 0 fully saturated rings. The van der Waals surface area contributed by atoms with Crippen LogP contribution in [0.3, 0.4) is 0 Å². The Morgan fingerprint density at radius 2 is 1.36 bits per heavy atom. The quantitative estimate of drug-likeness (QED) is 0.394. The Labute approximate surface area is 180 Å². The number of hydrogen-bond donors (Lipinski definition) is 2. The van der Waals surface area contributed by atoms with Crippen molar-refractivity contribution in [2.45, 2.75) is 5.60 Å². The minimum Gasteiger partial charge on any atom is -0.372 e. The molecule has 3 aromatic rings. The molecule has 0 saturated heterocycles. The average Bonchev–Trinajstić information content (AvgIpc) is 2.70. The van der Waals surface area contributed by atoms with Crippen LogP contribution in [0.2, 0.25) is 10.0 Å². The Balaban J connectivity index is 1.91. The van der Waals surface area contributed by atoms with E-state index in [0.717, 1.165) is 10.0 Å². The predicted octanol–water partition coefficient (Wildman–Crippen LogP) is 5.14. The van der Waals surface area contributed by atoms with Gasteiger partial charge in [-0.05, 0) is 53.1 Å². The molecule has 0 unspecified atom stereocenters. The van der Waals surface area contributed by atoms with Gasteiger partial charge in [0.2, 0.25) is 0 Å². The second-order valence-corrected chi connectivity index (χ2v) is 7.76. The van der Waals surface area contributed by atoms with Crippen LogP contribution in [-0.4, -0.2) is 17.2 Å². The maximum atomic E-state index is 12.9. The Kier molecular flexibility index (Phi) is 6.52. The van der Waals surface area contributed by atoms with E-state index in [0.29, 0.717) is 21.2 Å². The van der Waals surface area contributed by atoms with Crippen LogP contribution >= 0.6 is 39.1 Å². The Morgan fingerprint density at radius 3 is 1.82 bits per heavy atom. The van der Waals surface area contributed by atoms with E-state index in [9.17, 15) is 9.90 Å². The van der Waals surface area contributed by atoms with E-state index in [4.69, 9.17) is 23.2 Å². The van der Waals surface area contributed by atoms with Crippen molar-refractivity contribution < 1.29 is 9.90 Å². The molecule has 0 aliphatic heterocycles. The molecule has 3 rings (SSSR count). The molecule has 0 bridgehead atoms. The van der Waals surface area contributed by atoms with Gasteiger partial charge in [-0.1, -0.05) is 75.5 Å². The van der Waals surface area contributed by atoms with Crippen molar-refractivity contribution in [3.8, 4) is 0 Å². The standard InChI is InChI=1S/C21H15BrCl2N2O2/c22-17-7-1-14(2-8-17)13-25-26-20(27)21(28,15-3-9-18(23)10-4-15)16-5-11-19(24)12-6-16/h1-13,28H,(H,26,27)/b25-13-. The molecule has 4 nitrogen and oxygen atoms in total. The second kappa shape index (κ2) is 8.88. The number of benzene rings is 3. The molecule has 0 aliphatic carbocycles. The predicted molar refractivity (Wildman–Crippen MR) is 116 cm³/mol.